The second-order valence-corrected chi connectivity index (χ2v) is 12.1. The van der Waals surface area contributed by atoms with Gasteiger partial charge in [-0.05, 0) is 67.9 Å². The first-order chi connectivity index (χ1) is 20.9. The number of benzene rings is 3. The van der Waals surface area contributed by atoms with Crippen molar-refractivity contribution < 1.29 is 9.90 Å². The van der Waals surface area contributed by atoms with Gasteiger partial charge in [0, 0.05) is 49.1 Å². The number of carboxylic acid groups (broad SMARTS) is 1. The minimum Gasteiger partial charge on any atom is -0.481 e. The Kier molecular flexibility index (Phi) is 8.40. The van der Waals surface area contributed by atoms with Crippen LogP contribution in [0.1, 0.15) is 18.4 Å². The Bertz CT molecular complexity index is 1750. The van der Waals surface area contributed by atoms with Gasteiger partial charge in [0.1, 0.15) is 5.82 Å². The lowest BCUT2D eigenvalue weighted by molar-refractivity contribution is -0.136. The van der Waals surface area contributed by atoms with Crippen LogP contribution in [-0.4, -0.2) is 64.4 Å². The van der Waals surface area contributed by atoms with E-state index in [1.165, 1.54) is 11.9 Å². The van der Waals surface area contributed by atoms with Crippen LogP contribution in [0.15, 0.2) is 98.2 Å². The first kappa shape index (κ1) is 28.8. The van der Waals surface area contributed by atoms with Crippen LogP contribution in [0.25, 0.3) is 5.69 Å². The summed E-state index contributed by atoms with van der Waals surface area (Å²) in [6.07, 6.45) is 1.86. The molecule has 0 aliphatic carbocycles. The molecule has 0 atom stereocenters. The van der Waals surface area contributed by atoms with Gasteiger partial charge in [0.15, 0.2) is 0 Å². The van der Waals surface area contributed by atoms with E-state index in [-0.39, 0.29) is 17.7 Å². The van der Waals surface area contributed by atoms with E-state index < -0.39 is 5.97 Å². The van der Waals surface area contributed by atoms with Gasteiger partial charge >= 0.3 is 11.7 Å². The van der Waals surface area contributed by atoms with E-state index in [0.29, 0.717) is 12.4 Å². The third-order valence-electron chi connectivity index (χ3n) is 8.12. The maximum atomic E-state index is 13.2. The standard InChI is InChI=1S/C33H35N5O4S/c1-34-31(39)23-30(38(33(34)42)25-9-3-2-4-10-25)36-17-7-15-35(19-20-36)16-8-18-37-26-11-5-6-12-28(26)43-29-14-13-24(21-27(29)37)22-32(40)41/h2-6,9-14,21,23H,7-8,15-20,22H2,1H3,(H,40,41). The van der Waals surface area contributed by atoms with Gasteiger partial charge in [0.25, 0.3) is 5.56 Å². The molecule has 1 fully saturated rings. The molecule has 0 radical (unpaired) electrons. The lowest BCUT2D eigenvalue weighted by Gasteiger charge is -2.34. The Morgan fingerprint density at radius 3 is 2.42 bits per heavy atom. The summed E-state index contributed by atoms with van der Waals surface area (Å²) in [5.74, 6) is -0.195. The molecule has 0 unspecified atom stereocenters. The highest BCUT2D eigenvalue weighted by atomic mass is 32.2. The van der Waals surface area contributed by atoms with Gasteiger partial charge in [0.05, 0.1) is 23.5 Å². The van der Waals surface area contributed by atoms with Gasteiger partial charge in [0.2, 0.25) is 0 Å². The van der Waals surface area contributed by atoms with Gasteiger partial charge in [-0.3, -0.25) is 14.2 Å². The van der Waals surface area contributed by atoms with Crippen molar-refractivity contribution in [2.45, 2.75) is 29.1 Å². The summed E-state index contributed by atoms with van der Waals surface area (Å²) >= 11 is 1.73. The number of aliphatic carboxylic acids is 1. The van der Waals surface area contributed by atoms with Crippen molar-refractivity contribution in [1.82, 2.24) is 14.0 Å². The average molecular weight is 598 g/mol. The predicted octanol–water partition coefficient (Wildman–Crippen LogP) is 4.37. The number of hydrogen-bond acceptors (Lipinski definition) is 7. The molecule has 43 heavy (non-hydrogen) atoms. The van der Waals surface area contributed by atoms with Crippen LogP contribution >= 0.6 is 11.8 Å². The molecule has 10 heteroatoms. The molecule has 0 amide bonds. The molecule has 1 aromatic heterocycles. The molecule has 0 saturated carbocycles. The summed E-state index contributed by atoms with van der Waals surface area (Å²) in [5, 5.41) is 9.35. The highest BCUT2D eigenvalue weighted by Crippen LogP contribution is 2.48. The summed E-state index contributed by atoms with van der Waals surface area (Å²) in [5.41, 5.74) is 3.11. The number of nitrogens with zero attached hydrogens (tertiary/aromatic N) is 5. The van der Waals surface area contributed by atoms with Crippen LogP contribution in [0.3, 0.4) is 0 Å². The van der Waals surface area contributed by atoms with Crippen molar-refractivity contribution in [3.8, 4) is 5.69 Å². The Morgan fingerprint density at radius 1 is 0.837 bits per heavy atom. The van der Waals surface area contributed by atoms with Crippen molar-refractivity contribution in [3.05, 3.63) is 105 Å². The molecule has 222 valence electrons. The highest BCUT2D eigenvalue weighted by Gasteiger charge is 2.25. The van der Waals surface area contributed by atoms with E-state index in [9.17, 15) is 19.5 Å². The van der Waals surface area contributed by atoms with Gasteiger partial charge in [-0.2, -0.15) is 0 Å². The highest BCUT2D eigenvalue weighted by molar-refractivity contribution is 7.99. The SMILES string of the molecule is Cn1c(=O)cc(N2CCCN(CCCN3c4ccccc4Sc4ccc(CC(=O)O)cc43)CC2)n(-c2ccccc2)c1=O. The fraction of sp³-hybridized carbons (Fsp3) is 0.303. The molecule has 2 aliphatic heterocycles. The summed E-state index contributed by atoms with van der Waals surface area (Å²) < 4.78 is 2.79. The van der Waals surface area contributed by atoms with E-state index in [0.717, 1.165) is 77.7 Å². The minimum atomic E-state index is -0.831. The van der Waals surface area contributed by atoms with E-state index in [2.05, 4.69) is 32.9 Å². The molecule has 1 N–H and O–H groups in total. The number of anilines is 3. The zero-order chi connectivity index (χ0) is 29.9. The van der Waals surface area contributed by atoms with E-state index in [4.69, 9.17) is 0 Å². The molecule has 0 bridgehead atoms. The molecule has 2 aliphatic rings. The van der Waals surface area contributed by atoms with Gasteiger partial charge in [-0.15, -0.1) is 0 Å². The summed E-state index contributed by atoms with van der Waals surface area (Å²) in [6, 6.07) is 25.4. The molecule has 4 aromatic rings. The predicted molar refractivity (Wildman–Crippen MR) is 171 cm³/mol. The third kappa shape index (κ3) is 6.11. The summed E-state index contributed by atoms with van der Waals surface area (Å²) in [6.45, 7) is 4.94. The fourth-order valence-corrected chi connectivity index (χ4v) is 7.02. The maximum absolute atomic E-state index is 13.2. The number of rotatable bonds is 8. The van der Waals surface area contributed by atoms with Gasteiger partial charge in [-0.1, -0.05) is 48.2 Å². The lowest BCUT2D eigenvalue weighted by atomic mass is 10.1. The molecule has 1 saturated heterocycles. The van der Waals surface area contributed by atoms with Crippen molar-refractivity contribution >= 4 is 34.9 Å². The monoisotopic (exact) mass is 597 g/mol. The van der Waals surface area contributed by atoms with Crippen LogP contribution in [0.4, 0.5) is 17.2 Å². The van der Waals surface area contributed by atoms with Crippen LogP contribution in [0.2, 0.25) is 0 Å². The van der Waals surface area contributed by atoms with Crippen molar-refractivity contribution in [3.63, 3.8) is 0 Å². The minimum absolute atomic E-state index is 0.00330. The first-order valence-corrected chi connectivity index (χ1v) is 15.5. The maximum Gasteiger partial charge on any atom is 0.336 e. The first-order valence-electron chi connectivity index (χ1n) is 14.6. The zero-order valence-corrected chi connectivity index (χ0v) is 25.0. The Balaban J connectivity index is 1.16. The number of fused-ring (bicyclic) bond motifs is 2. The van der Waals surface area contributed by atoms with E-state index >= 15 is 0 Å². The van der Waals surface area contributed by atoms with E-state index in [1.807, 2.05) is 54.6 Å². The second kappa shape index (κ2) is 12.5. The molecular formula is C33H35N5O4S. The molecular weight excluding hydrogens is 562 g/mol. The molecule has 6 rings (SSSR count). The average Bonchev–Trinajstić information content (AvgIpc) is 3.25. The Labute approximate surface area is 254 Å². The number of para-hydroxylation sites is 2. The topological polar surface area (TPSA) is 91.0 Å². The van der Waals surface area contributed by atoms with E-state index in [1.54, 1.807) is 22.4 Å². The normalized spacial score (nSPS) is 15.1. The molecule has 3 heterocycles. The van der Waals surface area contributed by atoms with Crippen LogP contribution < -0.4 is 21.0 Å². The summed E-state index contributed by atoms with van der Waals surface area (Å²) in [4.78, 5) is 46.5. The van der Waals surface area contributed by atoms with Crippen LogP contribution in [0, 0.1) is 0 Å². The van der Waals surface area contributed by atoms with Crippen molar-refractivity contribution in [2.75, 3.05) is 49.1 Å². The largest absolute Gasteiger partial charge is 0.481 e. The van der Waals surface area contributed by atoms with Crippen molar-refractivity contribution in [1.29, 1.82) is 0 Å². The molecule has 3 aromatic carbocycles. The zero-order valence-electron chi connectivity index (χ0n) is 24.2. The third-order valence-corrected chi connectivity index (χ3v) is 9.25. The molecule has 9 nitrogen and oxygen atoms in total. The molecule has 0 spiro atoms. The van der Waals surface area contributed by atoms with Crippen LogP contribution in [0.5, 0.6) is 0 Å². The smallest absolute Gasteiger partial charge is 0.336 e. The number of carboxylic acids is 1. The Morgan fingerprint density at radius 2 is 1.60 bits per heavy atom. The number of aromatic nitrogens is 2. The number of carbonyl (C=O) groups is 1. The second-order valence-electron chi connectivity index (χ2n) is 11.0. The van der Waals surface area contributed by atoms with Crippen molar-refractivity contribution in [2.24, 2.45) is 7.05 Å². The summed E-state index contributed by atoms with van der Waals surface area (Å²) in [7, 11) is 1.52. The van der Waals surface area contributed by atoms with Gasteiger partial charge < -0.3 is 19.8 Å². The fourth-order valence-electron chi connectivity index (χ4n) is 5.94. The van der Waals surface area contributed by atoms with Gasteiger partial charge in [-0.25, -0.2) is 9.36 Å². The quantitative estimate of drug-likeness (QED) is 0.320. The van der Waals surface area contributed by atoms with Crippen LogP contribution in [-0.2, 0) is 18.3 Å². The Hall–Kier alpha value is -4.28. The number of hydrogen-bond donors (Lipinski definition) is 1. The lowest BCUT2D eigenvalue weighted by Crippen LogP contribution is -2.42.